The SMILES string of the molecule is CCCCCCCCCCCCCCO[N+](=O)OCCCCCCCCCCCCCC. The molecule has 4 nitrogen and oxygen atoms in total. The van der Waals surface area contributed by atoms with Crippen LogP contribution in [0.3, 0.4) is 0 Å². The highest BCUT2D eigenvalue weighted by atomic mass is 17.0. The molecule has 4 heteroatoms. The van der Waals surface area contributed by atoms with E-state index in [-0.39, 0.29) is 0 Å². The zero-order valence-electron chi connectivity index (χ0n) is 22.1. The van der Waals surface area contributed by atoms with Gasteiger partial charge in [-0.1, -0.05) is 142 Å². The largest absolute Gasteiger partial charge is 0.477 e. The normalized spacial score (nSPS) is 11.1. The van der Waals surface area contributed by atoms with Gasteiger partial charge in [0.2, 0.25) is 0 Å². The van der Waals surface area contributed by atoms with Crippen molar-refractivity contribution in [3.05, 3.63) is 4.91 Å². The van der Waals surface area contributed by atoms with E-state index in [0.717, 1.165) is 25.7 Å². The standard InChI is InChI=1S/C28H58NO3/c1-3-5-7-9-11-13-15-17-19-21-23-25-27-31-29(30)32-28-26-24-22-20-18-16-14-12-10-8-6-4-2/h3-28H2,1-2H3/q+1. The van der Waals surface area contributed by atoms with Crippen LogP contribution in [0, 0.1) is 4.91 Å². The van der Waals surface area contributed by atoms with Gasteiger partial charge in [0.05, 0.1) is 0 Å². The fraction of sp³-hybridized carbons (Fsp3) is 1.00. The van der Waals surface area contributed by atoms with Crippen molar-refractivity contribution in [1.29, 1.82) is 0 Å². The highest BCUT2D eigenvalue weighted by Gasteiger charge is 2.11. The first-order chi connectivity index (χ1) is 15.8. The molecule has 0 radical (unpaired) electrons. The third-order valence-electron chi connectivity index (χ3n) is 6.39. The van der Waals surface area contributed by atoms with E-state index in [4.69, 9.17) is 9.68 Å². The fourth-order valence-electron chi connectivity index (χ4n) is 4.20. The molecule has 0 aliphatic heterocycles. The Balaban J connectivity index is 3.14. The summed E-state index contributed by atoms with van der Waals surface area (Å²) in [5.41, 5.74) is 0. The molecule has 0 saturated heterocycles. The maximum absolute atomic E-state index is 11.5. The zero-order valence-corrected chi connectivity index (χ0v) is 22.1. The smallest absolute Gasteiger partial charge is 0.187 e. The van der Waals surface area contributed by atoms with Gasteiger partial charge in [-0.2, -0.15) is 9.68 Å². The maximum atomic E-state index is 11.5. The molecule has 0 unspecified atom stereocenters. The van der Waals surface area contributed by atoms with Crippen LogP contribution in [0.1, 0.15) is 168 Å². The van der Waals surface area contributed by atoms with Gasteiger partial charge in [-0.3, -0.25) is 0 Å². The average molecular weight is 457 g/mol. The minimum Gasteiger partial charge on any atom is -0.187 e. The van der Waals surface area contributed by atoms with E-state index < -0.39 is 0 Å². The summed E-state index contributed by atoms with van der Waals surface area (Å²) in [5, 5.41) is 0.330. The van der Waals surface area contributed by atoms with Gasteiger partial charge < -0.3 is 0 Å². The minimum atomic E-state index is 0.330. The summed E-state index contributed by atoms with van der Waals surface area (Å²) in [6, 6.07) is 0. The minimum absolute atomic E-state index is 0.330. The lowest BCUT2D eigenvalue weighted by Gasteiger charge is -2.02. The van der Waals surface area contributed by atoms with E-state index in [1.807, 2.05) is 0 Å². The van der Waals surface area contributed by atoms with Gasteiger partial charge in [0.15, 0.2) is 13.2 Å². The highest BCUT2D eigenvalue weighted by Crippen LogP contribution is 2.13. The molecule has 0 spiro atoms. The van der Waals surface area contributed by atoms with Crippen molar-refractivity contribution >= 4 is 0 Å². The summed E-state index contributed by atoms with van der Waals surface area (Å²) in [6.07, 6.45) is 31.5. The van der Waals surface area contributed by atoms with Crippen LogP contribution in [0.4, 0.5) is 0 Å². The van der Waals surface area contributed by atoms with Crippen molar-refractivity contribution in [2.24, 2.45) is 0 Å². The molecule has 0 fully saturated rings. The third-order valence-corrected chi connectivity index (χ3v) is 6.39. The van der Waals surface area contributed by atoms with Crippen molar-refractivity contribution in [1.82, 2.24) is 0 Å². The van der Waals surface area contributed by atoms with Crippen LogP contribution in [0.25, 0.3) is 0 Å². The Labute approximate surface area is 201 Å². The molecule has 32 heavy (non-hydrogen) atoms. The van der Waals surface area contributed by atoms with Crippen molar-refractivity contribution in [2.45, 2.75) is 168 Å². The molecule has 0 aliphatic carbocycles. The van der Waals surface area contributed by atoms with E-state index in [9.17, 15) is 4.91 Å². The summed E-state index contributed by atoms with van der Waals surface area (Å²) in [4.78, 5) is 21.7. The first-order valence-electron chi connectivity index (χ1n) is 14.5. The second-order valence-corrected chi connectivity index (χ2v) is 9.67. The monoisotopic (exact) mass is 456 g/mol. The van der Waals surface area contributed by atoms with Crippen molar-refractivity contribution in [2.75, 3.05) is 13.2 Å². The molecule has 0 atom stereocenters. The lowest BCUT2D eigenvalue weighted by molar-refractivity contribution is -0.981. The summed E-state index contributed by atoms with van der Waals surface area (Å²) in [5.74, 6) is 0. The lowest BCUT2D eigenvalue weighted by Crippen LogP contribution is -2.12. The van der Waals surface area contributed by atoms with Crippen LogP contribution in [0.5, 0.6) is 0 Å². The Bertz CT molecular complexity index is 331. The van der Waals surface area contributed by atoms with Gasteiger partial charge in [0.25, 0.3) is 0 Å². The molecule has 0 aliphatic rings. The Morgan fingerprint density at radius 1 is 0.375 bits per heavy atom. The molecule has 0 heterocycles. The average Bonchev–Trinajstić information content (AvgIpc) is 2.80. The van der Waals surface area contributed by atoms with Crippen LogP contribution in [-0.4, -0.2) is 18.3 Å². The van der Waals surface area contributed by atoms with Crippen LogP contribution < -0.4 is 0 Å². The lowest BCUT2D eigenvalue weighted by atomic mass is 10.1. The predicted octanol–water partition coefficient (Wildman–Crippen LogP) is 10.0. The second-order valence-electron chi connectivity index (χ2n) is 9.67. The maximum Gasteiger partial charge on any atom is 0.477 e. The number of nitrogens with zero attached hydrogens (tertiary/aromatic N) is 1. The first kappa shape index (κ1) is 31.2. The van der Waals surface area contributed by atoms with Crippen molar-refractivity contribution < 1.29 is 14.8 Å². The molecular formula is C28H58NO3+. The Kier molecular flexibility index (Phi) is 27.5. The molecule has 0 amide bonds. The topological polar surface area (TPSA) is 38.5 Å². The van der Waals surface area contributed by atoms with Crippen molar-refractivity contribution in [3.8, 4) is 0 Å². The fourth-order valence-corrected chi connectivity index (χ4v) is 4.20. The van der Waals surface area contributed by atoms with Crippen LogP contribution in [0.15, 0.2) is 0 Å². The highest BCUT2D eigenvalue weighted by molar-refractivity contribution is 4.49. The Hall–Kier alpha value is -0.800. The summed E-state index contributed by atoms with van der Waals surface area (Å²) in [6.45, 7) is 5.49. The quantitative estimate of drug-likeness (QED) is 0.0868. The van der Waals surface area contributed by atoms with E-state index in [2.05, 4.69) is 13.8 Å². The van der Waals surface area contributed by atoms with Crippen molar-refractivity contribution in [3.63, 3.8) is 0 Å². The Morgan fingerprint density at radius 3 is 0.844 bits per heavy atom. The van der Waals surface area contributed by atoms with Gasteiger partial charge >= 0.3 is 5.09 Å². The molecule has 0 N–H and O–H groups in total. The van der Waals surface area contributed by atoms with Gasteiger partial charge in [0.1, 0.15) is 4.91 Å². The zero-order chi connectivity index (χ0) is 23.4. The van der Waals surface area contributed by atoms with Gasteiger partial charge in [-0.25, -0.2) is 0 Å². The number of unbranched alkanes of at least 4 members (excludes halogenated alkanes) is 22. The molecule has 0 saturated carbocycles. The number of hydrogen-bond donors (Lipinski definition) is 0. The molecule has 0 aromatic rings. The van der Waals surface area contributed by atoms with Crippen LogP contribution >= 0.6 is 0 Å². The molecule has 192 valence electrons. The molecule has 0 aromatic carbocycles. The first-order valence-corrected chi connectivity index (χ1v) is 14.5. The number of rotatable bonds is 28. The van der Waals surface area contributed by atoms with E-state index >= 15 is 0 Å². The van der Waals surface area contributed by atoms with E-state index in [1.54, 1.807) is 0 Å². The van der Waals surface area contributed by atoms with Gasteiger partial charge in [0, 0.05) is 0 Å². The predicted molar refractivity (Wildman–Crippen MR) is 138 cm³/mol. The van der Waals surface area contributed by atoms with Gasteiger partial charge in [-0.05, 0) is 25.7 Å². The molecule has 0 bridgehead atoms. The summed E-state index contributed by atoms with van der Waals surface area (Å²) >= 11 is 0. The van der Waals surface area contributed by atoms with E-state index in [0.29, 0.717) is 18.3 Å². The molecule has 0 rings (SSSR count). The van der Waals surface area contributed by atoms with Crippen LogP contribution in [0.2, 0.25) is 0 Å². The summed E-state index contributed by atoms with van der Waals surface area (Å²) < 4.78 is 0. The second kappa shape index (κ2) is 28.2. The van der Waals surface area contributed by atoms with Gasteiger partial charge in [-0.15, -0.1) is 0 Å². The van der Waals surface area contributed by atoms with E-state index in [1.165, 1.54) is 128 Å². The molecule has 0 aromatic heterocycles. The number of hydrogen-bond acceptors (Lipinski definition) is 3. The summed E-state index contributed by atoms with van der Waals surface area (Å²) in [7, 11) is 0. The molecular weight excluding hydrogens is 398 g/mol. The third kappa shape index (κ3) is 27.2. The van der Waals surface area contributed by atoms with Crippen LogP contribution in [-0.2, 0) is 9.68 Å². The Morgan fingerprint density at radius 2 is 0.594 bits per heavy atom.